The van der Waals surface area contributed by atoms with E-state index in [4.69, 9.17) is 16.3 Å². The van der Waals surface area contributed by atoms with Gasteiger partial charge in [0.1, 0.15) is 12.4 Å². The molecule has 1 atom stereocenters. The molecule has 3 rings (SSSR count). The molecule has 1 aliphatic rings. The Balaban J connectivity index is 1.64. The average molecular weight is 435 g/mol. The van der Waals surface area contributed by atoms with Crippen molar-refractivity contribution in [3.8, 4) is 5.75 Å². The molecule has 1 aliphatic heterocycles. The highest BCUT2D eigenvalue weighted by Crippen LogP contribution is 2.26. The molecule has 2 aromatic carbocycles. The predicted molar refractivity (Wildman–Crippen MR) is 114 cm³/mol. The number of rotatable bonds is 7. The molecule has 29 heavy (non-hydrogen) atoms. The summed E-state index contributed by atoms with van der Waals surface area (Å²) in [4.78, 5) is 12.9. The number of amides is 1. The van der Waals surface area contributed by atoms with E-state index in [0.717, 1.165) is 0 Å². The van der Waals surface area contributed by atoms with E-state index in [1.807, 2.05) is 0 Å². The molecule has 1 fully saturated rings. The fourth-order valence-corrected chi connectivity index (χ4v) is 4.81. The lowest BCUT2D eigenvalue weighted by Gasteiger charge is -2.31. The SMILES string of the molecule is C=CCOc1ccc(NC(=O)C2CCCN(S(=O)(=O)c3ccc(Cl)cc3)C2)cc1. The Morgan fingerprint density at radius 1 is 1.21 bits per heavy atom. The van der Waals surface area contributed by atoms with Crippen molar-refractivity contribution >= 4 is 33.2 Å². The molecule has 0 saturated carbocycles. The van der Waals surface area contributed by atoms with Gasteiger partial charge in [0.15, 0.2) is 0 Å². The predicted octanol–water partition coefficient (Wildman–Crippen LogP) is 3.94. The maximum absolute atomic E-state index is 12.9. The maximum atomic E-state index is 12.9. The summed E-state index contributed by atoms with van der Waals surface area (Å²) in [5.41, 5.74) is 0.638. The van der Waals surface area contributed by atoms with Crippen LogP contribution in [0.25, 0.3) is 0 Å². The number of hydrogen-bond donors (Lipinski definition) is 1. The third-order valence-corrected chi connectivity index (χ3v) is 6.83. The third-order valence-electron chi connectivity index (χ3n) is 4.70. The zero-order valence-electron chi connectivity index (χ0n) is 15.9. The van der Waals surface area contributed by atoms with Crippen LogP contribution in [0.15, 0.2) is 66.1 Å². The molecule has 154 valence electrons. The van der Waals surface area contributed by atoms with Gasteiger partial charge in [-0.3, -0.25) is 4.79 Å². The van der Waals surface area contributed by atoms with Gasteiger partial charge >= 0.3 is 0 Å². The lowest BCUT2D eigenvalue weighted by atomic mass is 9.99. The van der Waals surface area contributed by atoms with Crippen LogP contribution in [0.2, 0.25) is 5.02 Å². The van der Waals surface area contributed by atoms with Gasteiger partial charge in [-0.25, -0.2) is 8.42 Å². The first-order chi connectivity index (χ1) is 13.9. The first kappa shape index (κ1) is 21.4. The molecule has 1 amide bonds. The Bertz CT molecular complexity index is 959. The molecule has 1 heterocycles. The Morgan fingerprint density at radius 3 is 2.55 bits per heavy atom. The number of anilines is 1. The van der Waals surface area contributed by atoms with E-state index in [2.05, 4.69) is 11.9 Å². The van der Waals surface area contributed by atoms with Crippen molar-refractivity contribution in [2.75, 3.05) is 25.0 Å². The fraction of sp³-hybridized carbons (Fsp3) is 0.286. The molecule has 0 aromatic heterocycles. The van der Waals surface area contributed by atoms with E-state index >= 15 is 0 Å². The smallest absolute Gasteiger partial charge is 0.243 e. The van der Waals surface area contributed by atoms with Crippen LogP contribution in [0.3, 0.4) is 0 Å². The van der Waals surface area contributed by atoms with Crippen LogP contribution in [0.4, 0.5) is 5.69 Å². The van der Waals surface area contributed by atoms with Gasteiger partial charge < -0.3 is 10.1 Å². The number of carbonyl (C=O) groups excluding carboxylic acids is 1. The van der Waals surface area contributed by atoms with Crippen molar-refractivity contribution in [2.45, 2.75) is 17.7 Å². The van der Waals surface area contributed by atoms with Gasteiger partial charge in [-0.1, -0.05) is 24.3 Å². The Labute approximate surface area is 176 Å². The van der Waals surface area contributed by atoms with Gasteiger partial charge in [-0.15, -0.1) is 0 Å². The van der Waals surface area contributed by atoms with Gasteiger partial charge in [0.2, 0.25) is 15.9 Å². The fourth-order valence-electron chi connectivity index (χ4n) is 3.16. The van der Waals surface area contributed by atoms with Crippen molar-refractivity contribution in [1.29, 1.82) is 0 Å². The Hall–Kier alpha value is -2.35. The summed E-state index contributed by atoms with van der Waals surface area (Å²) < 4.78 is 32.5. The first-order valence-corrected chi connectivity index (χ1v) is 11.1. The standard InChI is InChI=1S/C21H23ClN2O4S/c1-2-14-28-19-9-7-18(8-10-19)23-21(25)16-4-3-13-24(15-16)29(26,27)20-11-5-17(22)6-12-20/h2,5-12,16H,1,3-4,13-15H2,(H,23,25). The zero-order valence-corrected chi connectivity index (χ0v) is 17.5. The van der Waals surface area contributed by atoms with Gasteiger partial charge in [-0.2, -0.15) is 4.31 Å². The largest absolute Gasteiger partial charge is 0.490 e. The number of piperidine rings is 1. The monoisotopic (exact) mass is 434 g/mol. The summed E-state index contributed by atoms with van der Waals surface area (Å²) in [5.74, 6) is 0.0732. The Morgan fingerprint density at radius 2 is 1.90 bits per heavy atom. The lowest BCUT2D eigenvalue weighted by molar-refractivity contribution is -0.120. The van der Waals surface area contributed by atoms with Crippen LogP contribution in [0.5, 0.6) is 5.75 Å². The second kappa shape index (κ2) is 9.43. The number of hydrogen-bond acceptors (Lipinski definition) is 4. The second-order valence-corrected chi connectivity index (χ2v) is 9.14. The summed E-state index contributed by atoms with van der Waals surface area (Å²) in [7, 11) is -3.66. The third kappa shape index (κ3) is 5.38. The number of nitrogens with zero attached hydrogens (tertiary/aromatic N) is 1. The summed E-state index contributed by atoms with van der Waals surface area (Å²) in [6.45, 7) is 4.55. The van der Waals surface area contributed by atoms with Crippen molar-refractivity contribution in [3.05, 3.63) is 66.2 Å². The van der Waals surface area contributed by atoms with Crippen LogP contribution in [-0.4, -0.2) is 38.3 Å². The lowest BCUT2D eigenvalue weighted by Crippen LogP contribution is -2.43. The number of nitrogens with one attached hydrogen (secondary N) is 1. The molecule has 0 bridgehead atoms. The van der Waals surface area contributed by atoms with E-state index < -0.39 is 15.9 Å². The van der Waals surface area contributed by atoms with Gasteiger partial charge in [0.05, 0.1) is 10.8 Å². The summed E-state index contributed by atoms with van der Waals surface area (Å²) in [6.07, 6.45) is 2.92. The quantitative estimate of drug-likeness (QED) is 0.669. The minimum absolute atomic E-state index is 0.150. The first-order valence-electron chi connectivity index (χ1n) is 9.30. The minimum atomic E-state index is -3.66. The molecule has 8 heteroatoms. The summed E-state index contributed by atoms with van der Waals surface area (Å²) >= 11 is 5.85. The molecular weight excluding hydrogens is 412 g/mol. The van der Waals surface area contributed by atoms with Gasteiger partial charge in [0.25, 0.3) is 0 Å². The Kier molecular flexibility index (Phi) is 6.95. The molecule has 0 aliphatic carbocycles. The average Bonchev–Trinajstić information content (AvgIpc) is 2.73. The van der Waals surface area contributed by atoms with Crippen LogP contribution in [0.1, 0.15) is 12.8 Å². The van der Waals surface area contributed by atoms with Crippen LogP contribution < -0.4 is 10.1 Å². The van der Waals surface area contributed by atoms with Gasteiger partial charge in [-0.05, 0) is 61.4 Å². The second-order valence-electron chi connectivity index (χ2n) is 6.77. The zero-order chi connectivity index (χ0) is 20.9. The molecule has 0 radical (unpaired) electrons. The van der Waals surface area contributed by atoms with Crippen LogP contribution in [-0.2, 0) is 14.8 Å². The van der Waals surface area contributed by atoms with E-state index in [1.54, 1.807) is 42.5 Å². The molecule has 0 spiro atoms. The van der Waals surface area contributed by atoms with Crippen molar-refractivity contribution < 1.29 is 17.9 Å². The molecule has 1 N–H and O–H groups in total. The van der Waals surface area contributed by atoms with E-state index in [1.165, 1.54) is 16.4 Å². The highest BCUT2D eigenvalue weighted by atomic mass is 35.5. The number of carbonyl (C=O) groups is 1. The van der Waals surface area contributed by atoms with E-state index in [-0.39, 0.29) is 17.3 Å². The minimum Gasteiger partial charge on any atom is -0.490 e. The number of ether oxygens (including phenoxy) is 1. The van der Waals surface area contributed by atoms with Gasteiger partial charge in [0, 0.05) is 23.8 Å². The number of benzene rings is 2. The molecule has 1 unspecified atom stereocenters. The number of halogens is 1. The summed E-state index contributed by atoms with van der Waals surface area (Å²) in [5, 5.41) is 3.33. The van der Waals surface area contributed by atoms with Crippen molar-refractivity contribution in [1.82, 2.24) is 4.31 Å². The highest BCUT2D eigenvalue weighted by molar-refractivity contribution is 7.89. The maximum Gasteiger partial charge on any atom is 0.243 e. The molecule has 6 nitrogen and oxygen atoms in total. The molecule has 1 saturated heterocycles. The molecular formula is C21H23ClN2O4S. The van der Waals surface area contributed by atoms with Crippen LogP contribution in [0, 0.1) is 5.92 Å². The summed E-state index contributed by atoms with van der Waals surface area (Å²) in [6, 6.07) is 13.1. The van der Waals surface area contributed by atoms with E-state index in [0.29, 0.717) is 42.5 Å². The number of sulfonamides is 1. The normalized spacial score (nSPS) is 17.5. The van der Waals surface area contributed by atoms with Crippen LogP contribution >= 0.6 is 11.6 Å². The molecule has 2 aromatic rings. The van der Waals surface area contributed by atoms with Crippen molar-refractivity contribution in [2.24, 2.45) is 5.92 Å². The highest BCUT2D eigenvalue weighted by Gasteiger charge is 2.33. The topological polar surface area (TPSA) is 75.7 Å². The van der Waals surface area contributed by atoms with E-state index in [9.17, 15) is 13.2 Å². The van der Waals surface area contributed by atoms with Crippen molar-refractivity contribution in [3.63, 3.8) is 0 Å².